The Hall–Kier alpha value is -1.18. The first-order valence-corrected chi connectivity index (χ1v) is 7.18. The van der Waals surface area contributed by atoms with Crippen LogP contribution in [0.1, 0.15) is 47.0 Å². The standard InChI is InChI=1S/C16H27NO/c1-5-13(4)12-14(6-2)17-15-8-10-16(11-9-15)18-7-3/h8-11,13-14,17H,5-7,12H2,1-4H3. The number of benzene rings is 1. The molecule has 0 aliphatic rings. The molecule has 2 unspecified atom stereocenters. The number of hydrogen-bond donors (Lipinski definition) is 1. The van der Waals surface area contributed by atoms with Gasteiger partial charge in [-0.05, 0) is 49.9 Å². The third-order valence-corrected chi connectivity index (χ3v) is 3.41. The van der Waals surface area contributed by atoms with Crippen molar-refractivity contribution in [3.05, 3.63) is 24.3 Å². The minimum absolute atomic E-state index is 0.567. The van der Waals surface area contributed by atoms with E-state index >= 15 is 0 Å². The van der Waals surface area contributed by atoms with Crippen molar-refractivity contribution in [3.8, 4) is 5.75 Å². The molecule has 1 N–H and O–H groups in total. The largest absolute Gasteiger partial charge is 0.494 e. The molecule has 0 saturated carbocycles. The summed E-state index contributed by atoms with van der Waals surface area (Å²) in [6, 6.07) is 8.83. The van der Waals surface area contributed by atoms with E-state index in [1.165, 1.54) is 18.5 Å². The van der Waals surface area contributed by atoms with E-state index < -0.39 is 0 Å². The highest BCUT2D eigenvalue weighted by molar-refractivity contribution is 5.47. The first-order valence-electron chi connectivity index (χ1n) is 7.18. The van der Waals surface area contributed by atoms with Gasteiger partial charge >= 0.3 is 0 Å². The minimum Gasteiger partial charge on any atom is -0.494 e. The van der Waals surface area contributed by atoms with E-state index in [-0.39, 0.29) is 0 Å². The summed E-state index contributed by atoms with van der Waals surface area (Å²) in [5.41, 5.74) is 1.19. The van der Waals surface area contributed by atoms with Crippen molar-refractivity contribution < 1.29 is 4.74 Å². The van der Waals surface area contributed by atoms with Gasteiger partial charge in [0.05, 0.1) is 6.61 Å². The van der Waals surface area contributed by atoms with E-state index in [0.717, 1.165) is 24.7 Å². The van der Waals surface area contributed by atoms with Crippen molar-refractivity contribution in [2.75, 3.05) is 11.9 Å². The third kappa shape index (κ3) is 4.99. The lowest BCUT2D eigenvalue weighted by atomic mass is 9.97. The van der Waals surface area contributed by atoms with Gasteiger partial charge in [0.1, 0.15) is 5.75 Å². The number of ether oxygens (including phenoxy) is 1. The summed E-state index contributed by atoms with van der Waals surface area (Å²) in [6.45, 7) is 9.55. The summed E-state index contributed by atoms with van der Waals surface area (Å²) in [5.74, 6) is 1.73. The molecule has 2 nitrogen and oxygen atoms in total. The second-order valence-corrected chi connectivity index (χ2v) is 4.96. The van der Waals surface area contributed by atoms with Crippen LogP contribution in [0.15, 0.2) is 24.3 Å². The maximum Gasteiger partial charge on any atom is 0.119 e. The highest BCUT2D eigenvalue weighted by atomic mass is 16.5. The van der Waals surface area contributed by atoms with Crippen LogP contribution in [0.5, 0.6) is 5.75 Å². The fourth-order valence-electron chi connectivity index (χ4n) is 2.03. The molecule has 0 aliphatic heterocycles. The Morgan fingerprint density at radius 2 is 1.72 bits per heavy atom. The average molecular weight is 249 g/mol. The lowest BCUT2D eigenvalue weighted by molar-refractivity contribution is 0.340. The van der Waals surface area contributed by atoms with Gasteiger partial charge in [-0.1, -0.05) is 27.2 Å². The van der Waals surface area contributed by atoms with Crippen molar-refractivity contribution in [3.63, 3.8) is 0 Å². The molecule has 0 aromatic heterocycles. The topological polar surface area (TPSA) is 21.3 Å². The maximum absolute atomic E-state index is 5.45. The summed E-state index contributed by atoms with van der Waals surface area (Å²) in [5, 5.41) is 3.61. The molecular weight excluding hydrogens is 222 g/mol. The highest BCUT2D eigenvalue weighted by Gasteiger charge is 2.10. The van der Waals surface area contributed by atoms with Crippen LogP contribution in [0.25, 0.3) is 0 Å². The Kier molecular flexibility index (Phi) is 6.63. The number of rotatable bonds is 8. The third-order valence-electron chi connectivity index (χ3n) is 3.41. The van der Waals surface area contributed by atoms with Gasteiger partial charge in [0.15, 0.2) is 0 Å². The van der Waals surface area contributed by atoms with Crippen LogP contribution >= 0.6 is 0 Å². The van der Waals surface area contributed by atoms with Crippen LogP contribution in [0, 0.1) is 5.92 Å². The second-order valence-electron chi connectivity index (χ2n) is 4.96. The molecule has 0 radical (unpaired) electrons. The lowest BCUT2D eigenvalue weighted by Gasteiger charge is -2.21. The van der Waals surface area contributed by atoms with Gasteiger partial charge in [-0.25, -0.2) is 0 Å². The molecule has 102 valence electrons. The van der Waals surface area contributed by atoms with Gasteiger partial charge in [0.25, 0.3) is 0 Å². The van der Waals surface area contributed by atoms with E-state index in [4.69, 9.17) is 4.74 Å². The Balaban J connectivity index is 2.53. The van der Waals surface area contributed by atoms with Crippen molar-refractivity contribution in [2.45, 2.75) is 53.0 Å². The normalized spacial score (nSPS) is 14.0. The van der Waals surface area contributed by atoms with E-state index in [9.17, 15) is 0 Å². The molecule has 0 bridgehead atoms. The zero-order valence-electron chi connectivity index (χ0n) is 12.2. The van der Waals surface area contributed by atoms with Crippen LogP contribution < -0.4 is 10.1 Å². The zero-order chi connectivity index (χ0) is 13.4. The molecule has 0 amide bonds. The SMILES string of the molecule is CCOc1ccc(NC(CC)CC(C)CC)cc1. The molecule has 0 fully saturated rings. The van der Waals surface area contributed by atoms with Crippen LogP contribution in [-0.2, 0) is 0 Å². The average Bonchev–Trinajstić information content (AvgIpc) is 2.40. The van der Waals surface area contributed by atoms with E-state index in [0.29, 0.717) is 6.04 Å². The summed E-state index contributed by atoms with van der Waals surface area (Å²) >= 11 is 0. The summed E-state index contributed by atoms with van der Waals surface area (Å²) in [6.07, 6.45) is 3.65. The van der Waals surface area contributed by atoms with Crippen LogP contribution in [0.2, 0.25) is 0 Å². The molecule has 0 aliphatic carbocycles. The van der Waals surface area contributed by atoms with Crippen molar-refractivity contribution in [2.24, 2.45) is 5.92 Å². The van der Waals surface area contributed by atoms with Gasteiger partial charge in [-0.15, -0.1) is 0 Å². The van der Waals surface area contributed by atoms with E-state index in [1.807, 2.05) is 19.1 Å². The second kappa shape index (κ2) is 8.02. The molecule has 0 spiro atoms. The molecule has 1 rings (SSSR count). The van der Waals surface area contributed by atoms with Gasteiger partial charge < -0.3 is 10.1 Å². The first-order chi connectivity index (χ1) is 8.69. The smallest absolute Gasteiger partial charge is 0.119 e. The zero-order valence-corrected chi connectivity index (χ0v) is 12.2. The van der Waals surface area contributed by atoms with Gasteiger partial charge in [-0.2, -0.15) is 0 Å². The van der Waals surface area contributed by atoms with E-state index in [2.05, 4.69) is 38.2 Å². The quantitative estimate of drug-likeness (QED) is 0.720. The maximum atomic E-state index is 5.45. The Labute approximate surface area is 112 Å². The van der Waals surface area contributed by atoms with Gasteiger partial charge in [0.2, 0.25) is 0 Å². The van der Waals surface area contributed by atoms with Crippen LogP contribution in [0.4, 0.5) is 5.69 Å². The van der Waals surface area contributed by atoms with Crippen LogP contribution in [0.3, 0.4) is 0 Å². The number of nitrogens with one attached hydrogen (secondary N) is 1. The number of anilines is 1. The fraction of sp³-hybridized carbons (Fsp3) is 0.625. The molecule has 2 heteroatoms. The van der Waals surface area contributed by atoms with Crippen molar-refractivity contribution in [1.82, 2.24) is 0 Å². The predicted molar refractivity (Wildman–Crippen MR) is 79.4 cm³/mol. The van der Waals surface area contributed by atoms with Crippen molar-refractivity contribution >= 4 is 5.69 Å². The van der Waals surface area contributed by atoms with Gasteiger partial charge in [-0.3, -0.25) is 0 Å². The van der Waals surface area contributed by atoms with Crippen molar-refractivity contribution in [1.29, 1.82) is 0 Å². The molecule has 1 aromatic rings. The predicted octanol–water partition coefficient (Wildman–Crippen LogP) is 4.71. The highest BCUT2D eigenvalue weighted by Crippen LogP contribution is 2.20. The molecule has 0 heterocycles. The fourth-order valence-corrected chi connectivity index (χ4v) is 2.03. The van der Waals surface area contributed by atoms with Crippen LogP contribution in [-0.4, -0.2) is 12.6 Å². The minimum atomic E-state index is 0.567. The molecule has 0 saturated heterocycles. The Morgan fingerprint density at radius 1 is 1.06 bits per heavy atom. The summed E-state index contributed by atoms with van der Waals surface area (Å²) in [7, 11) is 0. The summed E-state index contributed by atoms with van der Waals surface area (Å²) < 4.78 is 5.45. The monoisotopic (exact) mass is 249 g/mol. The number of hydrogen-bond acceptors (Lipinski definition) is 2. The molecular formula is C16H27NO. The van der Waals surface area contributed by atoms with Gasteiger partial charge in [0, 0.05) is 11.7 Å². The molecule has 18 heavy (non-hydrogen) atoms. The van der Waals surface area contributed by atoms with E-state index in [1.54, 1.807) is 0 Å². The molecule has 1 aromatic carbocycles. The summed E-state index contributed by atoms with van der Waals surface area (Å²) in [4.78, 5) is 0. The molecule has 2 atom stereocenters. The Bertz CT molecular complexity index is 320. The lowest BCUT2D eigenvalue weighted by Crippen LogP contribution is -2.21. The Morgan fingerprint density at radius 3 is 2.22 bits per heavy atom. The first kappa shape index (κ1) is 14.9.